The Labute approximate surface area is 147 Å². The molecule has 0 aromatic heterocycles. The van der Waals surface area contributed by atoms with Gasteiger partial charge in [-0.25, -0.2) is 4.39 Å². The molecule has 2 rings (SSSR count). The Hall–Kier alpha value is -3.49. The summed E-state index contributed by atoms with van der Waals surface area (Å²) in [6.07, 6.45) is -0.117. The Bertz CT molecular complexity index is 823. The molecule has 0 bridgehead atoms. The number of nitro groups is 1. The SMILES string of the molecule is COc1ccc([N+](=O)[O-])cc1NC(=O)COC(=O)Cc1ccc(F)cc1. The van der Waals surface area contributed by atoms with Crippen molar-refractivity contribution >= 4 is 23.3 Å². The summed E-state index contributed by atoms with van der Waals surface area (Å²) >= 11 is 0. The maximum absolute atomic E-state index is 12.8. The van der Waals surface area contributed by atoms with E-state index in [0.717, 1.165) is 6.07 Å². The van der Waals surface area contributed by atoms with E-state index in [1.54, 1.807) is 0 Å². The van der Waals surface area contributed by atoms with Crippen LogP contribution in [-0.2, 0) is 20.7 Å². The number of ether oxygens (including phenoxy) is 2. The summed E-state index contributed by atoms with van der Waals surface area (Å²) in [4.78, 5) is 33.8. The highest BCUT2D eigenvalue weighted by atomic mass is 19.1. The van der Waals surface area contributed by atoms with Crippen LogP contribution in [0.1, 0.15) is 5.56 Å². The van der Waals surface area contributed by atoms with Crippen LogP contribution >= 0.6 is 0 Å². The Kier molecular flexibility index (Phi) is 6.20. The number of amides is 1. The highest BCUT2D eigenvalue weighted by Gasteiger charge is 2.15. The first kappa shape index (κ1) is 18.8. The zero-order chi connectivity index (χ0) is 19.1. The fourth-order valence-corrected chi connectivity index (χ4v) is 2.06. The third-order valence-corrected chi connectivity index (χ3v) is 3.29. The van der Waals surface area contributed by atoms with E-state index < -0.39 is 29.2 Å². The second-order valence-electron chi connectivity index (χ2n) is 5.15. The van der Waals surface area contributed by atoms with Gasteiger partial charge >= 0.3 is 5.97 Å². The second-order valence-corrected chi connectivity index (χ2v) is 5.15. The number of benzene rings is 2. The predicted molar refractivity (Wildman–Crippen MR) is 89.3 cm³/mol. The molecular weight excluding hydrogens is 347 g/mol. The van der Waals surface area contributed by atoms with E-state index in [-0.39, 0.29) is 23.5 Å². The number of nitrogens with one attached hydrogen (secondary N) is 1. The monoisotopic (exact) mass is 362 g/mol. The number of carbonyl (C=O) groups excluding carboxylic acids is 2. The molecule has 0 aliphatic heterocycles. The Morgan fingerprint density at radius 3 is 2.50 bits per heavy atom. The molecule has 0 aliphatic carbocycles. The number of nitrogens with zero attached hydrogens (tertiary/aromatic N) is 1. The summed E-state index contributed by atoms with van der Waals surface area (Å²) in [5, 5.41) is 13.2. The number of hydrogen-bond acceptors (Lipinski definition) is 6. The second kappa shape index (κ2) is 8.56. The summed E-state index contributed by atoms with van der Waals surface area (Å²) in [7, 11) is 1.35. The molecule has 1 N–H and O–H groups in total. The van der Waals surface area contributed by atoms with Crippen LogP contribution in [-0.4, -0.2) is 30.5 Å². The largest absolute Gasteiger partial charge is 0.495 e. The molecule has 2 aromatic rings. The molecule has 0 fully saturated rings. The van der Waals surface area contributed by atoms with Crippen molar-refractivity contribution in [3.8, 4) is 5.75 Å². The third-order valence-electron chi connectivity index (χ3n) is 3.29. The van der Waals surface area contributed by atoms with E-state index in [1.807, 2.05) is 0 Å². The standard InChI is InChI=1S/C17H15FN2O6/c1-25-15-7-6-13(20(23)24)9-14(15)19-16(21)10-26-17(22)8-11-2-4-12(18)5-3-11/h2-7,9H,8,10H2,1H3,(H,19,21). The van der Waals surface area contributed by atoms with Crippen LogP contribution in [0, 0.1) is 15.9 Å². The Balaban J connectivity index is 1.92. The minimum Gasteiger partial charge on any atom is -0.495 e. The maximum Gasteiger partial charge on any atom is 0.310 e. The van der Waals surface area contributed by atoms with Crippen LogP contribution in [0.5, 0.6) is 5.75 Å². The topological polar surface area (TPSA) is 108 Å². The molecule has 0 unspecified atom stereocenters. The molecule has 9 heteroatoms. The van der Waals surface area contributed by atoms with Gasteiger partial charge in [-0.1, -0.05) is 12.1 Å². The number of non-ortho nitro benzene ring substituents is 1. The first-order chi connectivity index (χ1) is 12.4. The lowest BCUT2D eigenvalue weighted by Crippen LogP contribution is -2.22. The average Bonchev–Trinajstić information content (AvgIpc) is 2.62. The van der Waals surface area contributed by atoms with Crippen molar-refractivity contribution in [2.24, 2.45) is 0 Å². The van der Waals surface area contributed by atoms with Gasteiger partial charge in [-0.15, -0.1) is 0 Å². The molecule has 136 valence electrons. The predicted octanol–water partition coefficient (Wildman–Crippen LogP) is 2.47. The zero-order valence-electron chi connectivity index (χ0n) is 13.7. The molecule has 26 heavy (non-hydrogen) atoms. The highest BCUT2D eigenvalue weighted by molar-refractivity contribution is 5.94. The van der Waals surface area contributed by atoms with E-state index in [2.05, 4.69) is 5.32 Å². The lowest BCUT2D eigenvalue weighted by atomic mass is 10.1. The first-order valence-corrected chi connectivity index (χ1v) is 7.41. The molecule has 0 atom stereocenters. The van der Waals surface area contributed by atoms with Crippen molar-refractivity contribution in [3.05, 3.63) is 64.0 Å². The van der Waals surface area contributed by atoms with Gasteiger partial charge in [0.1, 0.15) is 11.6 Å². The fourth-order valence-electron chi connectivity index (χ4n) is 2.06. The van der Waals surface area contributed by atoms with Crippen LogP contribution in [0.3, 0.4) is 0 Å². The maximum atomic E-state index is 12.8. The molecule has 0 saturated carbocycles. The zero-order valence-corrected chi connectivity index (χ0v) is 13.7. The molecule has 1 amide bonds. The van der Waals surface area contributed by atoms with E-state index in [1.165, 1.54) is 43.5 Å². The van der Waals surface area contributed by atoms with E-state index in [0.29, 0.717) is 5.56 Å². The minimum absolute atomic E-state index is 0.0845. The molecular formula is C17H15FN2O6. The van der Waals surface area contributed by atoms with Gasteiger partial charge in [-0.3, -0.25) is 19.7 Å². The third kappa shape index (κ3) is 5.26. The number of carbonyl (C=O) groups is 2. The van der Waals surface area contributed by atoms with Gasteiger partial charge < -0.3 is 14.8 Å². The Morgan fingerprint density at radius 1 is 1.19 bits per heavy atom. The summed E-state index contributed by atoms with van der Waals surface area (Å²) in [5.74, 6) is -1.55. The quantitative estimate of drug-likeness (QED) is 0.460. The lowest BCUT2D eigenvalue weighted by molar-refractivity contribution is -0.384. The molecule has 0 aliphatic rings. The van der Waals surface area contributed by atoms with E-state index in [4.69, 9.17) is 9.47 Å². The van der Waals surface area contributed by atoms with Crippen molar-refractivity contribution in [3.63, 3.8) is 0 Å². The van der Waals surface area contributed by atoms with Crippen LogP contribution in [0.15, 0.2) is 42.5 Å². The molecule has 8 nitrogen and oxygen atoms in total. The van der Waals surface area contributed by atoms with Crippen molar-refractivity contribution in [1.29, 1.82) is 0 Å². The van der Waals surface area contributed by atoms with Crippen LogP contribution < -0.4 is 10.1 Å². The number of rotatable bonds is 7. The molecule has 0 saturated heterocycles. The van der Waals surface area contributed by atoms with Gasteiger partial charge in [0.2, 0.25) is 0 Å². The van der Waals surface area contributed by atoms with Crippen molar-refractivity contribution < 1.29 is 28.4 Å². The smallest absolute Gasteiger partial charge is 0.310 e. The average molecular weight is 362 g/mol. The number of nitro benzene ring substituents is 1. The van der Waals surface area contributed by atoms with Gasteiger partial charge in [0, 0.05) is 12.1 Å². The van der Waals surface area contributed by atoms with Crippen molar-refractivity contribution in [2.45, 2.75) is 6.42 Å². The molecule has 0 heterocycles. The number of halogens is 1. The summed E-state index contributed by atoms with van der Waals surface area (Å²) in [5.41, 5.74) is 0.396. The first-order valence-electron chi connectivity index (χ1n) is 7.41. The number of hydrogen-bond donors (Lipinski definition) is 1. The van der Waals surface area contributed by atoms with Gasteiger partial charge in [-0.05, 0) is 23.8 Å². The normalized spacial score (nSPS) is 10.1. The number of anilines is 1. The highest BCUT2D eigenvalue weighted by Crippen LogP contribution is 2.28. The Morgan fingerprint density at radius 2 is 1.88 bits per heavy atom. The number of esters is 1. The van der Waals surface area contributed by atoms with Crippen molar-refractivity contribution in [2.75, 3.05) is 19.0 Å². The van der Waals surface area contributed by atoms with Gasteiger partial charge in [-0.2, -0.15) is 0 Å². The van der Waals surface area contributed by atoms with Gasteiger partial charge in [0.15, 0.2) is 6.61 Å². The molecule has 0 radical (unpaired) electrons. The summed E-state index contributed by atoms with van der Waals surface area (Å²) in [6, 6.07) is 9.01. The van der Waals surface area contributed by atoms with E-state index >= 15 is 0 Å². The minimum atomic E-state index is -0.684. The summed E-state index contributed by atoms with van der Waals surface area (Å²) in [6.45, 7) is -0.578. The van der Waals surface area contributed by atoms with Gasteiger partial charge in [0.25, 0.3) is 11.6 Å². The fraction of sp³-hybridized carbons (Fsp3) is 0.176. The summed E-state index contributed by atoms with van der Waals surface area (Å²) < 4.78 is 22.7. The van der Waals surface area contributed by atoms with Crippen LogP contribution in [0.25, 0.3) is 0 Å². The lowest BCUT2D eigenvalue weighted by Gasteiger charge is -2.10. The molecule has 0 spiro atoms. The van der Waals surface area contributed by atoms with Crippen molar-refractivity contribution in [1.82, 2.24) is 0 Å². The van der Waals surface area contributed by atoms with E-state index in [9.17, 15) is 24.1 Å². The number of methoxy groups -OCH3 is 1. The van der Waals surface area contributed by atoms with Crippen LogP contribution in [0.4, 0.5) is 15.8 Å². The van der Waals surface area contributed by atoms with Crippen LogP contribution in [0.2, 0.25) is 0 Å². The van der Waals surface area contributed by atoms with Gasteiger partial charge in [0.05, 0.1) is 24.1 Å². The molecule has 2 aromatic carbocycles.